The van der Waals surface area contributed by atoms with Crippen molar-refractivity contribution in [2.75, 3.05) is 29.9 Å². The summed E-state index contributed by atoms with van der Waals surface area (Å²) in [5.41, 5.74) is 2.07. The van der Waals surface area contributed by atoms with Crippen LogP contribution in [0.2, 0.25) is 0 Å². The lowest BCUT2D eigenvalue weighted by atomic mass is 10.1. The number of benzene rings is 1. The van der Waals surface area contributed by atoms with Crippen LogP contribution < -0.4 is 10.6 Å². The minimum absolute atomic E-state index is 0.153. The zero-order valence-electron chi connectivity index (χ0n) is 13.0. The third-order valence-corrected chi connectivity index (χ3v) is 5.59. The molecule has 1 saturated heterocycles. The number of rotatable bonds is 5. The van der Waals surface area contributed by atoms with Gasteiger partial charge in [-0.3, -0.25) is 4.90 Å². The van der Waals surface area contributed by atoms with E-state index in [1.54, 1.807) is 11.3 Å². The van der Waals surface area contributed by atoms with Crippen LogP contribution in [-0.2, 0) is 13.1 Å². The number of carbonyl (C=O) groups is 1. The van der Waals surface area contributed by atoms with Crippen molar-refractivity contribution in [2.24, 2.45) is 0 Å². The van der Waals surface area contributed by atoms with Gasteiger partial charge in [0.05, 0.1) is 6.54 Å². The van der Waals surface area contributed by atoms with Crippen molar-refractivity contribution < 1.29 is 4.79 Å². The zero-order chi connectivity index (χ0) is 15.9. The third-order valence-electron chi connectivity index (χ3n) is 3.77. The van der Waals surface area contributed by atoms with Crippen molar-refractivity contribution in [1.82, 2.24) is 10.2 Å². The zero-order valence-corrected chi connectivity index (χ0v) is 14.6. The molecular weight excluding hydrogens is 326 g/mol. The summed E-state index contributed by atoms with van der Waals surface area (Å²) < 4.78 is 0. The van der Waals surface area contributed by atoms with Crippen molar-refractivity contribution in [3.63, 3.8) is 0 Å². The van der Waals surface area contributed by atoms with E-state index in [-0.39, 0.29) is 6.03 Å². The van der Waals surface area contributed by atoms with E-state index >= 15 is 0 Å². The van der Waals surface area contributed by atoms with Gasteiger partial charge in [-0.25, -0.2) is 4.79 Å². The van der Waals surface area contributed by atoms with E-state index in [0.29, 0.717) is 6.54 Å². The number of para-hydroxylation sites is 1. The maximum Gasteiger partial charge on any atom is 0.319 e. The molecule has 1 aromatic carbocycles. The molecule has 2 N–H and O–H groups in total. The fourth-order valence-corrected chi connectivity index (χ4v) is 4.15. The summed E-state index contributed by atoms with van der Waals surface area (Å²) in [4.78, 5) is 15.7. The first-order valence-corrected chi connectivity index (χ1v) is 9.80. The van der Waals surface area contributed by atoms with E-state index < -0.39 is 0 Å². The molecule has 2 amide bonds. The average molecular weight is 348 g/mol. The van der Waals surface area contributed by atoms with Crippen LogP contribution in [-0.4, -0.2) is 35.5 Å². The molecule has 1 fully saturated rings. The van der Waals surface area contributed by atoms with Gasteiger partial charge in [0.1, 0.15) is 0 Å². The second-order valence-corrected chi connectivity index (χ2v) is 7.69. The number of hydrogen-bond donors (Lipinski definition) is 2. The van der Waals surface area contributed by atoms with Gasteiger partial charge in [-0.1, -0.05) is 24.3 Å². The lowest BCUT2D eigenvalue weighted by molar-refractivity contribution is 0.251. The Kier molecular flexibility index (Phi) is 5.96. The van der Waals surface area contributed by atoms with E-state index in [1.165, 1.54) is 17.1 Å². The molecule has 0 unspecified atom stereocenters. The molecular formula is C17H21N3OS2. The predicted molar refractivity (Wildman–Crippen MR) is 99.2 cm³/mol. The first-order valence-electron chi connectivity index (χ1n) is 7.76. The van der Waals surface area contributed by atoms with Crippen LogP contribution in [0, 0.1) is 0 Å². The van der Waals surface area contributed by atoms with Gasteiger partial charge in [-0.05, 0) is 23.1 Å². The molecule has 122 valence electrons. The van der Waals surface area contributed by atoms with Gasteiger partial charge < -0.3 is 10.6 Å². The number of carbonyl (C=O) groups excluding carboxylic acids is 1. The molecule has 1 aromatic heterocycles. The fraction of sp³-hybridized carbons (Fsp3) is 0.353. The number of nitrogens with zero attached hydrogens (tertiary/aromatic N) is 1. The SMILES string of the molecule is O=C(NCc1cccs1)Nc1ccccc1CN1CCSCC1. The van der Waals surface area contributed by atoms with Gasteiger partial charge in [0.15, 0.2) is 0 Å². The highest BCUT2D eigenvalue weighted by Gasteiger charge is 2.13. The van der Waals surface area contributed by atoms with Crippen LogP contribution in [0.15, 0.2) is 41.8 Å². The molecule has 2 heterocycles. The minimum Gasteiger partial charge on any atom is -0.333 e. The molecule has 6 heteroatoms. The lowest BCUT2D eigenvalue weighted by Crippen LogP contribution is -2.33. The van der Waals surface area contributed by atoms with Crippen LogP contribution in [0.3, 0.4) is 0 Å². The van der Waals surface area contributed by atoms with Crippen molar-refractivity contribution in [2.45, 2.75) is 13.1 Å². The lowest BCUT2D eigenvalue weighted by Gasteiger charge is -2.27. The Morgan fingerprint density at radius 3 is 2.74 bits per heavy atom. The van der Waals surface area contributed by atoms with Gasteiger partial charge in [0.2, 0.25) is 0 Å². The van der Waals surface area contributed by atoms with Crippen LogP contribution in [0.25, 0.3) is 0 Å². The largest absolute Gasteiger partial charge is 0.333 e. The van der Waals surface area contributed by atoms with Crippen molar-refractivity contribution in [3.05, 3.63) is 52.2 Å². The molecule has 1 aliphatic rings. The Bertz CT molecular complexity index is 625. The smallest absolute Gasteiger partial charge is 0.319 e. The monoisotopic (exact) mass is 347 g/mol. The highest BCUT2D eigenvalue weighted by atomic mass is 32.2. The average Bonchev–Trinajstić information content (AvgIpc) is 3.09. The highest BCUT2D eigenvalue weighted by Crippen LogP contribution is 2.19. The molecule has 0 saturated carbocycles. The van der Waals surface area contributed by atoms with E-state index in [0.717, 1.165) is 30.2 Å². The number of hydrogen-bond acceptors (Lipinski definition) is 4. The molecule has 23 heavy (non-hydrogen) atoms. The van der Waals surface area contributed by atoms with Crippen LogP contribution in [0.1, 0.15) is 10.4 Å². The summed E-state index contributed by atoms with van der Waals surface area (Å²) >= 11 is 3.66. The quantitative estimate of drug-likeness (QED) is 0.868. The van der Waals surface area contributed by atoms with Gasteiger partial charge in [-0.2, -0.15) is 11.8 Å². The number of thiophene rings is 1. The second kappa shape index (κ2) is 8.38. The summed E-state index contributed by atoms with van der Waals surface area (Å²) in [7, 11) is 0. The van der Waals surface area contributed by atoms with Crippen LogP contribution in [0.5, 0.6) is 0 Å². The number of nitrogens with one attached hydrogen (secondary N) is 2. The number of anilines is 1. The highest BCUT2D eigenvalue weighted by molar-refractivity contribution is 7.99. The number of amides is 2. The van der Waals surface area contributed by atoms with Crippen molar-refractivity contribution in [1.29, 1.82) is 0 Å². The normalized spacial score (nSPS) is 15.3. The van der Waals surface area contributed by atoms with Crippen molar-refractivity contribution >= 4 is 34.8 Å². The maximum absolute atomic E-state index is 12.1. The van der Waals surface area contributed by atoms with Gasteiger partial charge in [0.25, 0.3) is 0 Å². The maximum atomic E-state index is 12.1. The third kappa shape index (κ3) is 4.99. The number of thioether (sulfide) groups is 1. The summed E-state index contributed by atoms with van der Waals surface area (Å²) in [6, 6.07) is 11.9. The summed E-state index contributed by atoms with van der Waals surface area (Å²) in [6.07, 6.45) is 0. The van der Waals surface area contributed by atoms with E-state index in [4.69, 9.17) is 0 Å². The second-order valence-electron chi connectivity index (χ2n) is 5.43. The van der Waals surface area contributed by atoms with Gasteiger partial charge >= 0.3 is 6.03 Å². The molecule has 0 spiro atoms. The number of urea groups is 1. The van der Waals surface area contributed by atoms with E-state index in [9.17, 15) is 4.79 Å². The van der Waals surface area contributed by atoms with Crippen LogP contribution >= 0.6 is 23.1 Å². The molecule has 3 rings (SSSR count). The Balaban J connectivity index is 1.57. The topological polar surface area (TPSA) is 44.4 Å². The van der Waals surface area contributed by atoms with E-state index in [2.05, 4.69) is 21.6 Å². The van der Waals surface area contributed by atoms with Gasteiger partial charge in [-0.15, -0.1) is 11.3 Å². The molecule has 0 radical (unpaired) electrons. The summed E-state index contributed by atoms with van der Waals surface area (Å²) in [5.74, 6) is 2.38. The molecule has 2 aromatic rings. The summed E-state index contributed by atoms with van der Waals surface area (Å²) in [6.45, 7) is 3.68. The molecule has 1 aliphatic heterocycles. The Morgan fingerprint density at radius 2 is 1.96 bits per heavy atom. The predicted octanol–water partition coefficient (Wildman–Crippen LogP) is 3.62. The molecule has 4 nitrogen and oxygen atoms in total. The first kappa shape index (κ1) is 16.4. The molecule has 0 bridgehead atoms. The minimum atomic E-state index is -0.153. The molecule has 0 aliphatic carbocycles. The van der Waals surface area contributed by atoms with Crippen LogP contribution in [0.4, 0.5) is 10.5 Å². The first-order chi connectivity index (χ1) is 11.3. The Hall–Kier alpha value is -1.50. The van der Waals surface area contributed by atoms with Crippen molar-refractivity contribution in [3.8, 4) is 0 Å². The van der Waals surface area contributed by atoms with Gasteiger partial charge in [0, 0.05) is 41.7 Å². The van der Waals surface area contributed by atoms with E-state index in [1.807, 2.05) is 47.5 Å². The molecule has 0 atom stereocenters. The summed E-state index contributed by atoms with van der Waals surface area (Å²) in [5, 5.41) is 7.91. The standard InChI is InChI=1S/C17H21N3OS2/c21-17(18-12-15-5-3-9-23-15)19-16-6-2-1-4-14(16)13-20-7-10-22-11-8-20/h1-6,9H,7-8,10-13H2,(H2,18,19,21). The fourth-order valence-electron chi connectivity index (χ4n) is 2.53. The Labute approximate surface area is 145 Å². The Morgan fingerprint density at radius 1 is 1.13 bits per heavy atom.